The Kier molecular flexibility index (Phi) is 2.72. The molecule has 0 fully saturated rings. The number of aromatic nitrogens is 1. The number of benzene rings is 4. The molecule has 1 atom stereocenters. The van der Waals surface area contributed by atoms with Gasteiger partial charge >= 0.3 is 0 Å². The third-order valence-electron chi connectivity index (χ3n) is 5.66. The molecule has 0 bridgehead atoms. The molecule has 0 saturated heterocycles. The lowest BCUT2D eigenvalue weighted by molar-refractivity contribution is 0.924. The fraction of sp³-hybridized carbons (Fsp3) is 0.0400. The molecular weight excluding hydrogens is 314 g/mol. The van der Waals surface area contributed by atoms with Gasteiger partial charge in [-0.2, -0.15) is 0 Å². The Morgan fingerprint density at radius 1 is 0.538 bits per heavy atom. The van der Waals surface area contributed by atoms with Crippen molar-refractivity contribution in [3.05, 3.63) is 114 Å². The summed E-state index contributed by atoms with van der Waals surface area (Å²) in [5.74, 6) is 0.271. The highest BCUT2D eigenvalue weighted by Gasteiger charge is 2.29. The van der Waals surface area contributed by atoms with E-state index >= 15 is 0 Å². The number of para-hydroxylation sites is 3. The summed E-state index contributed by atoms with van der Waals surface area (Å²) in [6, 6.07) is 35.2. The molecule has 5 aromatic rings. The summed E-state index contributed by atoms with van der Waals surface area (Å²) in [5.41, 5.74) is 8.05. The fourth-order valence-electron chi connectivity index (χ4n) is 4.64. The summed E-state index contributed by atoms with van der Waals surface area (Å²) in [5, 5.41) is 2.67. The van der Waals surface area contributed by atoms with Gasteiger partial charge in [0.15, 0.2) is 0 Å². The molecule has 0 aliphatic carbocycles. The molecular formula is C25H17N. The van der Waals surface area contributed by atoms with E-state index in [1.165, 1.54) is 44.2 Å². The minimum atomic E-state index is 0.271. The first-order valence-corrected chi connectivity index (χ1v) is 9.10. The molecule has 122 valence electrons. The molecule has 6 rings (SSSR count). The number of hydrogen-bond donors (Lipinski definition) is 0. The van der Waals surface area contributed by atoms with Crippen LogP contribution >= 0.6 is 0 Å². The minimum absolute atomic E-state index is 0.271. The second kappa shape index (κ2) is 5.09. The summed E-state index contributed by atoms with van der Waals surface area (Å²) in [7, 11) is 0. The van der Waals surface area contributed by atoms with Crippen molar-refractivity contribution < 1.29 is 0 Å². The van der Waals surface area contributed by atoms with Crippen molar-refractivity contribution in [2.24, 2.45) is 0 Å². The fourth-order valence-corrected chi connectivity index (χ4v) is 4.64. The highest BCUT2D eigenvalue weighted by Crippen LogP contribution is 2.46. The Morgan fingerprint density at radius 3 is 2.15 bits per heavy atom. The Hall–Kier alpha value is -3.32. The molecule has 0 spiro atoms. The normalized spacial score (nSPS) is 15.3. The smallest absolute Gasteiger partial charge is 0.0582 e. The summed E-state index contributed by atoms with van der Waals surface area (Å²) in [4.78, 5) is 0. The van der Waals surface area contributed by atoms with Gasteiger partial charge in [0.1, 0.15) is 0 Å². The van der Waals surface area contributed by atoms with Crippen LogP contribution < -0.4 is 0 Å². The van der Waals surface area contributed by atoms with Gasteiger partial charge in [-0.15, -0.1) is 0 Å². The van der Waals surface area contributed by atoms with E-state index in [1.807, 2.05) is 0 Å². The largest absolute Gasteiger partial charge is 0.309 e. The summed E-state index contributed by atoms with van der Waals surface area (Å²) in [6.45, 7) is 0. The predicted octanol–water partition coefficient (Wildman–Crippen LogP) is 6.28. The van der Waals surface area contributed by atoms with Crippen LogP contribution in [-0.2, 0) is 0 Å². The molecule has 0 saturated carbocycles. The average Bonchev–Trinajstić information content (AvgIpc) is 3.05. The van der Waals surface area contributed by atoms with Crippen LogP contribution in [0.15, 0.2) is 97.1 Å². The van der Waals surface area contributed by atoms with E-state index in [2.05, 4.69) is 102 Å². The van der Waals surface area contributed by atoms with Crippen LogP contribution in [0.4, 0.5) is 0 Å². The van der Waals surface area contributed by atoms with E-state index < -0.39 is 0 Å². The van der Waals surface area contributed by atoms with Crippen molar-refractivity contribution in [3.63, 3.8) is 0 Å². The molecule has 4 aromatic carbocycles. The van der Waals surface area contributed by atoms with Gasteiger partial charge in [-0.1, -0.05) is 84.9 Å². The maximum Gasteiger partial charge on any atom is 0.0582 e. The molecule has 0 radical (unpaired) electrons. The average molecular weight is 331 g/mol. The van der Waals surface area contributed by atoms with Crippen molar-refractivity contribution in [1.29, 1.82) is 0 Å². The molecule has 1 aliphatic rings. The zero-order chi connectivity index (χ0) is 17.1. The van der Waals surface area contributed by atoms with Crippen LogP contribution in [-0.4, -0.2) is 4.57 Å². The van der Waals surface area contributed by atoms with Crippen LogP contribution in [0.25, 0.3) is 27.5 Å². The molecule has 1 heteroatoms. The molecule has 1 aliphatic heterocycles. The number of hydrogen-bond acceptors (Lipinski definition) is 0. The van der Waals surface area contributed by atoms with E-state index in [1.54, 1.807) is 0 Å². The molecule has 2 heterocycles. The van der Waals surface area contributed by atoms with Gasteiger partial charge in [0.05, 0.1) is 16.7 Å². The van der Waals surface area contributed by atoms with Crippen LogP contribution in [0.2, 0.25) is 0 Å². The topological polar surface area (TPSA) is 4.93 Å². The zero-order valence-corrected chi connectivity index (χ0v) is 14.3. The molecule has 1 nitrogen and oxygen atoms in total. The van der Waals surface area contributed by atoms with E-state index in [9.17, 15) is 0 Å². The Labute approximate surface area is 152 Å². The third-order valence-corrected chi connectivity index (χ3v) is 5.66. The summed E-state index contributed by atoms with van der Waals surface area (Å²) < 4.78 is 2.45. The van der Waals surface area contributed by atoms with Gasteiger partial charge < -0.3 is 4.57 Å². The van der Waals surface area contributed by atoms with Gasteiger partial charge in [-0.25, -0.2) is 0 Å². The lowest BCUT2D eigenvalue weighted by Gasteiger charge is -2.29. The maximum atomic E-state index is 2.45. The highest BCUT2D eigenvalue weighted by atomic mass is 15.0. The minimum Gasteiger partial charge on any atom is -0.309 e. The SMILES string of the molecule is c1ccc(C2c3ccccc3-n3c4ccccc4c4cccc2c43)cc1. The third kappa shape index (κ3) is 1.70. The molecule has 0 N–H and O–H groups in total. The Balaban J connectivity index is 1.85. The number of rotatable bonds is 1. The number of nitrogens with zero attached hydrogens (tertiary/aromatic N) is 1. The second-order valence-electron chi connectivity index (χ2n) is 7.00. The molecule has 26 heavy (non-hydrogen) atoms. The van der Waals surface area contributed by atoms with E-state index in [0.29, 0.717) is 0 Å². The highest BCUT2D eigenvalue weighted by molar-refractivity contribution is 6.11. The Bertz CT molecular complexity index is 1280. The van der Waals surface area contributed by atoms with Crippen molar-refractivity contribution in [2.75, 3.05) is 0 Å². The molecule has 1 aromatic heterocycles. The van der Waals surface area contributed by atoms with Crippen molar-refractivity contribution in [2.45, 2.75) is 5.92 Å². The first-order chi connectivity index (χ1) is 12.9. The van der Waals surface area contributed by atoms with E-state index in [4.69, 9.17) is 0 Å². The van der Waals surface area contributed by atoms with E-state index in [-0.39, 0.29) is 5.92 Å². The standard InChI is InChI=1S/C25H17N/c1-2-9-17(10-3-1)24-20-12-5-7-16-23(20)26-22-15-6-4-11-18(22)19-13-8-14-21(24)25(19)26/h1-16,24H. The number of fused-ring (bicyclic) bond motifs is 5. The molecule has 1 unspecified atom stereocenters. The first-order valence-electron chi connectivity index (χ1n) is 9.10. The summed E-state index contributed by atoms with van der Waals surface area (Å²) >= 11 is 0. The van der Waals surface area contributed by atoms with E-state index in [0.717, 1.165) is 0 Å². The summed E-state index contributed by atoms with van der Waals surface area (Å²) in [6.07, 6.45) is 0. The monoisotopic (exact) mass is 331 g/mol. The lowest BCUT2D eigenvalue weighted by Crippen LogP contribution is -2.14. The van der Waals surface area contributed by atoms with Gasteiger partial charge in [-0.05, 0) is 28.8 Å². The van der Waals surface area contributed by atoms with Crippen LogP contribution in [0.1, 0.15) is 22.6 Å². The lowest BCUT2D eigenvalue weighted by atomic mass is 9.81. The van der Waals surface area contributed by atoms with Gasteiger partial charge in [0.25, 0.3) is 0 Å². The van der Waals surface area contributed by atoms with Crippen LogP contribution in [0.5, 0.6) is 0 Å². The van der Waals surface area contributed by atoms with Gasteiger partial charge in [0, 0.05) is 16.7 Å². The molecule has 0 amide bonds. The van der Waals surface area contributed by atoms with Crippen molar-refractivity contribution in [3.8, 4) is 5.69 Å². The zero-order valence-electron chi connectivity index (χ0n) is 14.3. The Morgan fingerprint density at radius 2 is 1.23 bits per heavy atom. The maximum absolute atomic E-state index is 2.45. The van der Waals surface area contributed by atoms with Crippen LogP contribution in [0.3, 0.4) is 0 Å². The van der Waals surface area contributed by atoms with Crippen molar-refractivity contribution >= 4 is 21.8 Å². The second-order valence-corrected chi connectivity index (χ2v) is 7.00. The van der Waals surface area contributed by atoms with Gasteiger partial charge in [0.2, 0.25) is 0 Å². The van der Waals surface area contributed by atoms with Crippen LogP contribution in [0, 0.1) is 0 Å². The predicted molar refractivity (Wildman–Crippen MR) is 108 cm³/mol. The quantitative estimate of drug-likeness (QED) is 0.334. The first kappa shape index (κ1) is 13.9. The van der Waals surface area contributed by atoms with Crippen molar-refractivity contribution in [1.82, 2.24) is 4.57 Å². The van der Waals surface area contributed by atoms with Gasteiger partial charge in [-0.3, -0.25) is 0 Å².